The predicted octanol–water partition coefficient (Wildman–Crippen LogP) is 2.33. The molecule has 0 amide bonds. The first-order valence-corrected chi connectivity index (χ1v) is 6.29. The third-order valence-corrected chi connectivity index (χ3v) is 4.63. The van der Waals surface area contributed by atoms with Crippen LogP contribution < -0.4 is 4.90 Å². The Kier molecular flexibility index (Phi) is 2.06. The Morgan fingerprint density at radius 2 is 2.47 bits per heavy atom. The van der Waals surface area contributed by atoms with Crippen LogP contribution in [0.2, 0.25) is 0 Å². The van der Waals surface area contributed by atoms with E-state index in [2.05, 4.69) is 9.88 Å². The summed E-state index contributed by atoms with van der Waals surface area (Å²) < 4.78 is 0. The van der Waals surface area contributed by atoms with Crippen LogP contribution in [0.1, 0.15) is 35.9 Å². The Labute approximate surface area is 93.1 Å². The normalized spacial score (nSPS) is 28.7. The van der Waals surface area contributed by atoms with Gasteiger partial charge >= 0.3 is 0 Å². The highest BCUT2D eigenvalue weighted by Crippen LogP contribution is 2.41. The highest BCUT2D eigenvalue weighted by Gasteiger charge is 2.38. The van der Waals surface area contributed by atoms with E-state index in [-0.39, 0.29) is 5.78 Å². The van der Waals surface area contributed by atoms with Gasteiger partial charge in [0.2, 0.25) is 0 Å². The minimum atomic E-state index is 0.128. The van der Waals surface area contributed by atoms with Crippen LogP contribution in [0.5, 0.6) is 0 Å². The van der Waals surface area contributed by atoms with E-state index < -0.39 is 0 Å². The van der Waals surface area contributed by atoms with Crippen molar-refractivity contribution in [1.82, 2.24) is 4.98 Å². The van der Waals surface area contributed by atoms with E-state index in [9.17, 15) is 4.79 Å². The van der Waals surface area contributed by atoms with Gasteiger partial charge in [-0.05, 0) is 25.2 Å². The van der Waals surface area contributed by atoms with E-state index in [1.165, 1.54) is 19.3 Å². The second-order valence-electron chi connectivity index (χ2n) is 4.55. The molecule has 2 unspecified atom stereocenters. The van der Waals surface area contributed by atoms with Crippen molar-refractivity contribution in [2.75, 3.05) is 11.4 Å². The maximum Gasteiger partial charge on any atom is 0.186 e. The SMILES string of the molecule is CC(=O)c1cnc(N2CC3CCC2C3)s1. The summed E-state index contributed by atoms with van der Waals surface area (Å²) >= 11 is 1.54. The van der Waals surface area contributed by atoms with Crippen LogP contribution in [0.3, 0.4) is 0 Å². The molecule has 0 radical (unpaired) electrons. The Morgan fingerprint density at radius 3 is 3.00 bits per heavy atom. The van der Waals surface area contributed by atoms with Crippen LogP contribution in [-0.2, 0) is 0 Å². The summed E-state index contributed by atoms with van der Waals surface area (Å²) in [5.41, 5.74) is 0. The van der Waals surface area contributed by atoms with Crippen LogP contribution in [0.4, 0.5) is 5.13 Å². The minimum Gasteiger partial charge on any atom is -0.345 e. The number of ketones is 1. The molecule has 0 aromatic carbocycles. The van der Waals surface area contributed by atoms with E-state index in [0.29, 0.717) is 6.04 Å². The van der Waals surface area contributed by atoms with Crippen molar-refractivity contribution in [1.29, 1.82) is 0 Å². The lowest BCUT2D eigenvalue weighted by atomic mass is 10.1. The van der Waals surface area contributed by atoms with Gasteiger partial charge in [0.05, 0.1) is 11.1 Å². The summed E-state index contributed by atoms with van der Waals surface area (Å²) in [5.74, 6) is 1.00. The third-order valence-electron chi connectivity index (χ3n) is 3.50. The monoisotopic (exact) mass is 222 g/mol. The zero-order chi connectivity index (χ0) is 10.4. The number of carbonyl (C=O) groups is 1. The van der Waals surface area contributed by atoms with Gasteiger partial charge in [0.15, 0.2) is 10.9 Å². The number of hydrogen-bond donors (Lipinski definition) is 0. The molecular formula is C11H14N2OS. The number of carbonyl (C=O) groups excluding carboxylic acids is 1. The summed E-state index contributed by atoms with van der Waals surface area (Å²) in [6, 6.07) is 0.695. The smallest absolute Gasteiger partial charge is 0.186 e. The van der Waals surface area contributed by atoms with Crippen molar-refractivity contribution >= 4 is 22.3 Å². The molecule has 0 N–H and O–H groups in total. The summed E-state index contributed by atoms with van der Waals surface area (Å²) in [6.45, 7) is 2.75. The molecule has 1 aliphatic carbocycles. The number of Topliss-reactive ketones (excluding diaryl/α,β-unsaturated/α-hetero) is 1. The summed E-state index contributed by atoms with van der Waals surface area (Å²) in [5, 5.41) is 1.05. The quantitative estimate of drug-likeness (QED) is 0.720. The second kappa shape index (κ2) is 3.30. The zero-order valence-corrected chi connectivity index (χ0v) is 9.59. The van der Waals surface area contributed by atoms with Gasteiger partial charge in [0.1, 0.15) is 0 Å². The van der Waals surface area contributed by atoms with Crippen LogP contribution in [0, 0.1) is 5.92 Å². The van der Waals surface area contributed by atoms with E-state index in [4.69, 9.17) is 0 Å². The number of anilines is 1. The Balaban J connectivity index is 1.84. The maximum atomic E-state index is 11.2. The minimum absolute atomic E-state index is 0.128. The van der Waals surface area contributed by atoms with E-state index in [1.807, 2.05) is 0 Å². The van der Waals surface area contributed by atoms with Gasteiger partial charge in [-0.3, -0.25) is 4.79 Å². The molecule has 4 heteroatoms. The number of piperidine rings is 1. The van der Waals surface area contributed by atoms with Gasteiger partial charge in [-0.2, -0.15) is 0 Å². The fourth-order valence-electron chi connectivity index (χ4n) is 2.72. The number of aromatic nitrogens is 1. The zero-order valence-electron chi connectivity index (χ0n) is 8.77. The Hall–Kier alpha value is -0.900. The number of rotatable bonds is 2. The molecule has 15 heavy (non-hydrogen) atoms. The average molecular weight is 222 g/mol. The molecule has 3 nitrogen and oxygen atoms in total. The fraction of sp³-hybridized carbons (Fsp3) is 0.636. The van der Waals surface area contributed by atoms with Crippen LogP contribution in [-0.4, -0.2) is 23.4 Å². The summed E-state index contributed by atoms with van der Waals surface area (Å²) in [4.78, 5) is 18.7. The van der Waals surface area contributed by atoms with Gasteiger partial charge in [-0.25, -0.2) is 4.98 Å². The number of thiazole rings is 1. The largest absolute Gasteiger partial charge is 0.345 e. The highest BCUT2D eigenvalue weighted by molar-refractivity contribution is 7.17. The fourth-order valence-corrected chi connectivity index (χ4v) is 3.61. The van der Waals surface area contributed by atoms with Gasteiger partial charge < -0.3 is 4.90 Å². The van der Waals surface area contributed by atoms with Crippen LogP contribution >= 0.6 is 11.3 Å². The molecule has 1 saturated carbocycles. The van der Waals surface area contributed by atoms with Gasteiger partial charge in [0.25, 0.3) is 0 Å². The van der Waals surface area contributed by atoms with E-state index in [1.54, 1.807) is 24.5 Å². The van der Waals surface area contributed by atoms with E-state index >= 15 is 0 Å². The van der Waals surface area contributed by atoms with Crippen LogP contribution in [0.25, 0.3) is 0 Å². The molecule has 1 aromatic rings. The van der Waals surface area contributed by atoms with Crippen molar-refractivity contribution in [3.8, 4) is 0 Å². The van der Waals surface area contributed by atoms with Gasteiger partial charge in [-0.15, -0.1) is 0 Å². The lowest BCUT2D eigenvalue weighted by molar-refractivity contribution is 0.102. The predicted molar refractivity (Wildman–Crippen MR) is 60.6 cm³/mol. The van der Waals surface area contributed by atoms with Crippen LogP contribution in [0.15, 0.2) is 6.20 Å². The lowest BCUT2D eigenvalue weighted by Gasteiger charge is -2.26. The maximum absolute atomic E-state index is 11.2. The molecule has 1 aliphatic heterocycles. The van der Waals surface area contributed by atoms with Crippen molar-refractivity contribution in [3.05, 3.63) is 11.1 Å². The van der Waals surface area contributed by atoms with Crippen molar-refractivity contribution in [2.45, 2.75) is 32.2 Å². The molecule has 2 fully saturated rings. The highest BCUT2D eigenvalue weighted by atomic mass is 32.1. The van der Waals surface area contributed by atoms with E-state index in [0.717, 1.165) is 22.5 Å². The molecule has 80 valence electrons. The Morgan fingerprint density at radius 1 is 1.60 bits per heavy atom. The molecule has 2 aliphatic rings. The number of nitrogens with zero attached hydrogens (tertiary/aromatic N) is 2. The molecule has 2 atom stereocenters. The molecule has 2 heterocycles. The Bertz CT molecular complexity index is 401. The molecule has 2 bridgehead atoms. The van der Waals surface area contributed by atoms with Crippen molar-refractivity contribution in [3.63, 3.8) is 0 Å². The molecule has 3 rings (SSSR count). The molecule has 1 saturated heterocycles. The van der Waals surface area contributed by atoms with Gasteiger partial charge in [-0.1, -0.05) is 11.3 Å². The molecule has 1 aromatic heterocycles. The second-order valence-corrected chi connectivity index (χ2v) is 5.56. The van der Waals surface area contributed by atoms with Gasteiger partial charge in [0, 0.05) is 19.5 Å². The first kappa shape index (κ1) is 9.33. The first-order chi connectivity index (χ1) is 7.24. The van der Waals surface area contributed by atoms with Crippen molar-refractivity contribution < 1.29 is 4.79 Å². The standard InChI is InChI=1S/C11H14N2OS/c1-7(14)10-5-12-11(15-10)13-6-8-2-3-9(13)4-8/h5,8-9H,2-4,6H2,1H3. The average Bonchev–Trinajstić information content (AvgIpc) is 2.93. The van der Waals surface area contributed by atoms with Crippen molar-refractivity contribution in [2.24, 2.45) is 5.92 Å². The lowest BCUT2D eigenvalue weighted by Crippen LogP contribution is -2.31. The summed E-state index contributed by atoms with van der Waals surface area (Å²) in [7, 11) is 0. The number of hydrogen-bond acceptors (Lipinski definition) is 4. The molecular weight excluding hydrogens is 208 g/mol. The third kappa shape index (κ3) is 1.47. The first-order valence-electron chi connectivity index (χ1n) is 5.47. The topological polar surface area (TPSA) is 33.2 Å². The molecule has 0 spiro atoms. The summed E-state index contributed by atoms with van der Waals surface area (Å²) in [6.07, 6.45) is 5.73. The number of fused-ring (bicyclic) bond motifs is 2.